The van der Waals surface area contributed by atoms with E-state index in [1.807, 2.05) is 20.8 Å². The fraction of sp³-hybridized carbons (Fsp3) is 0.296. The summed E-state index contributed by atoms with van der Waals surface area (Å²) in [5.41, 5.74) is 7.07. The molecule has 0 aliphatic carbocycles. The zero-order chi connectivity index (χ0) is 30.6. The van der Waals surface area contributed by atoms with Crippen molar-refractivity contribution in [1.29, 1.82) is 0 Å². The molecular weight excluding hydrogens is 580 g/mol. The molecule has 1 aliphatic rings. The SMILES string of the molecule is CC(C)(C)c1cc(-c2cc3c(cc2F)S(=O)(=O)C[C@H](N)C(=O)N3Cc2ccc(-c3noc(C(F)(F)F)n3)cc2)cnn1. The molecule has 0 saturated heterocycles. The third-order valence-electron chi connectivity index (χ3n) is 6.61. The zero-order valence-electron chi connectivity index (χ0n) is 22.5. The van der Waals surface area contributed by atoms with Crippen molar-refractivity contribution in [3.8, 4) is 22.5 Å². The Kier molecular flexibility index (Phi) is 7.13. The Labute approximate surface area is 237 Å². The lowest BCUT2D eigenvalue weighted by Crippen LogP contribution is -2.45. The molecule has 2 N–H and O–H groups in total. The van der Waals surface area contributed by atoms with Crippen molar-refractivity contribution in [2.75, 3.05) is 10.7 Å². The summed E-state index contributed by atoms with van der Waals surface area (Å²) >= 11 is 0. The van der Waals surface area contributed by atoms with Gasteiger partial charge in [-0.05, 0) is 23.8 Å². The van der Waals surface area contributed by atoms with E-state index in [2.05, 4.69) is 24.9 Å². The van der Waals surface area contributed by atoms with Gasteiger partial charge < -0.3 is 15.2 Å². The number of sulfone groups is 1. The summed E-state index contributed by atoms with van der Waals surface area (Å²) in [7, 11) is -4.17. The van der Waals surface area contributed by atoms with E-state index in [1.165, 1.54) is 36.5 Å². The summed E-state index contributed by atoms with van der Waals surface area (Å²) in [5.74, 6) is -4.06. The predicted octanol–water partition coefficient (Wildman–Crippen LogP) is 4.30. The summed E-state index contributed by atoms with van der Waals surface area (Å²) in [6, 6.07) is 8.21. The van der Waals surface area contributed by atoms with Crippen LogP contribution >= 0.6 is 0 Å². The maximum Gasteiger partial charge on any atom is 0.471 e. The lowest BCUT2D eigenvalue weighted by Gasteiger charge is -2.25. The Hall–Kier alpha value is -4.24. The molecule has 3 heterocycles. The molecule has 1 aliphatic heterocycles. The Morgan fingerprint density at radius 2 is 1.76 bits per heavy atom. The molecule has 0 fully saturated rings. The third kappa shape index (κ3) is 5.61. The number of nitrogens with zero attached hydrogens (tertiary/aromatic N) is 5. The lowest BCUT2D eigenvalue weighted by molar-refractivity contribution is -0.159. The van der Waals surface area contributed by atoms with Crippen LogP contribution in [0.25, 0.3) is 22.5 Å². The molecule has 0 saturated carbocycles. The van der Waals surface area contributed by atoms with E-state index in [1.54, 1.807) is 6.07 Å². The standard InChI is InChI=1S/C27H24F4N6O4S/c1-26(2,3)22-8-16(11-33-35-22)17-9-20-21(10-18(17)28)42(39,40)13-19(32)24(38)37(20)12-14-4-6-15(7-5-14)23-34-25(41-36-23)27(29,30)31/h4-11,19H,12-13,32H2,1-3H3/t19-/m0/s1. The van der Waals surface area contributed by atoms with Crippen LogP contribution in [0.2, 0.25) is 0 Å². The Balaban J connectivity index is 1.56. The molecule has 220 valence electrons. The number of fused-ring (bicyclic) bond motifs is 1. The van der Waals surface area contributed by atoms with Crippen LogP contribution in [0, 0.1) is 5.82 Å². The van der Waals surface area contributed by atoms with Crippen LogP contribution in [0.5, 0.6) is 0 Å². The fourth-order valence-corrected chi connectivity index (χ4v) is 5.95. The average molecular weight is 605 g/mol. The minimum absolute atomic E-state index is 0.00513. The number of rotatable bonds is 4. The van der Waals surface area contributed by atoms with Gasteiger partial charge in [-0.3, -0.25) is 4.79 Å². The largest absolute Gasteiger partial charge is 0.471 e. The molecule has 1 amide bonds. The summed E-state index contributed by atoms with van der Waals surface area (Å²) in [5, 5.41) is 11.4. The molecule has 5 rings (SSSR count). The number of nitrogens with two attached hydrogens (primary N) is 1. The van der Waals surface area contributed by atoms with Crippen LogP contribution in [-0.4, -0.2) is 46.5 Å². The minimum Gasteiger partial charge on any atom is -0.329 e. The highest BCUT2D eigenvalue weighted by Crippen LogP contribution is 2.38. The number of benzene rings is 2. The minimum atomic E-state index is -4.80. The summed E-state index contributed by atoms with van der Waals surface area (Å²) in [6.45, 7) is 5.54. The average Bonchev–Trinajstić information content (AvgIpc) is 3.40. The van der Waals surface area contributed by atoms with E-state index in [-0.39, 0.29) is 29.2 Å². The number of halogens is 4. The van der Waals surface area contributed by atoms with Gasteiger partial charge in [0.05, 0.1) is 40.8 Å². The van der Waals surface area contributed by atoms with Crippen molar-refractivity contribution in [1.82, 2.24) is 20.3 Å². The number of amides is 1. The van der Waals surface area contributed by atoms with Gasteiger partial charge in [-0.15, -0.1) is 0 Å². The van der Waals surface area contributed by atoms with Gasteiger partial charge in [-0.1, -0.05) is 50.2 Å². The van der Waals surface area contributed by atoms with E-state index >= 15 is 4.39 Å². The van der Waals surface area contributed by atoms with Gasteiger partial charge in [0.15, 0.2) is 9.84 Å². The van der Waals surface area contributed by atoms with Gasteiger partial charge in [0.2, 0.25) is 11.7 Å². The smallest absolute Gasteiger partial charge is 0.329 e. The number of carbonyl (C=O) groups is 1. The van der Waals surface area contributed by atoms with Gasteiger partial charge in [-0.25, -0.2) is 12.8 Å². The molecule has 2 aromatic heterocycles. The van der Waals surface area contributed by atoms with Gasteiger partial charge in [0, 0.05) is 22.1 Å². The van der Waals surface area contributed by atoms with E-state index in [0.717, 1.165) is 11.0 Å². The van der Waals surface area contributed by atoms with E-state index < -0.39 is 55.7 Å². The number of hydrogen-bond donors (Lipinski definition) is 1. The topological polar surface area (TPSA) is 145 Å². The fourth-order valence-electron chi connectivity index (χ4n) is 4.38. The number of alkyl halides is 3. The highest BCUT2D eigenvalue weighted by atomic mass is 32.2. The van der Waals surface area contributed by atoms with Crippen molar-refractivity contribution < 1.29 is 35.3 Å². The Bertz CT molecular complexity index is 1780. The summed E-state index contributed by atoms with van der Waals surface area (Å²) < 4.78 is 84.5. The molecule has 1 atom stereocenters. The van der Waals surface area contributed by atoms with Crippen molar-refractivity contribution in [2.45, 2.75) is 49.8 Å². The second kappa shape index (κ2) is 10.2. The first-order valence-corrected chi connectivity index (χ1v) is 14.2. The Morgan fingerprint density at radius 1 is 1.07 bits per heavy atom. The molecular formula is C27H24F4N6O4S. The first-order chi connectivity index (χ1) is 19.5. The molecule has 42 heavy (non-hydrogen) atoms. The third-order valence-corrected chi connectivity index (χ3v) is 8.41. The normalized spacial score (nSPS) is 17.2. The van der Waals surface area contributed by atoms with Gasteiger partial charge in [-0.2, -0.15) is 28.4 Å². The van der Waals surface area contributed by atoms with Crippen LogP contribution in [0.15, 0.2) is 58.1 Å². The molecule has 10 nitrogen and oxygen atoms in total. The lowest BCUT2D eigenvalue weighted by atomic mass is 9.90. The highest BCUT2D eigenvalue weighted by molar-refractivity contribution is 7.91. The van der Waals surface area contributed by atoms with Crippen molar-refractivity contribution in [2.24, 2.45) is 5.73 Å². The Morgan fingerprint density at radius 3 is 2.38 bits per heavy atom. The van der Waals surface area contributed by atoms with Gasteiger partial charge in [0.25, 0.3) is 0 Å². The second-order valence-electron chi connectivity index (χ2n) is 10.8. The van der Waals surface area contributed by atoms with Crippen molar-refractivity contribution >= 4 is 21.4 Å². The van der Waals surface area contributed by atoms with Crippen LogP contribution in [-0.2, 0) is 32.8 Å². The quantitative estimate of drug-likeness (QED) is 0.337. The zero-order valence-corrected chi connectivity index (χ0v) is 23.3. The molecule has 2 aromatic carbocycles. The van der Waals surface area contributed by atoms with Gasteiger partial charge >= 0.3 is 12.1 Å². The van der Waals surface area contributed by atoms with E-state index in [9.17, 15) is 26.4 Å². The van der Waals surface area contributed by atoms with Crippen LogP contribution < -0.4 is 10.6 Å². The van der Waals surface area contributed by atoms with Crippen molar-refractivity contribution in [3.05, 3.63) is 71.6 Å². The number of aromatic nitrogens is 4. The van der Waals surface area contributed by atoms with E-state index in [0.29, 0.717) is 16.8 Å². The maximum atomic E-state index is 15.5. The number of carbonyl (C=O) groups excluding carboxylic acids is 1. The summed E-state index contributed by atoms with van der Waals surface area (Å²) in [4.78, 5) is 17.5. The van der Waals surface area contributed by atoms with Crippen LogP contribution in [0.1, 0.15) is 37.9 Å². The molecule has 0 bridgehead atoms. The molecule has 15 heteroatoms. The highest BCUT2D eigenvalue weighted by Gasteiger charge is 2.39. The maximum absolute atomic E-state index is 15.5. The molecule has 0 radical (unpaired) electrons. The van der Waals surface area contributed by atoms with Crippen LogP contribution in [0.4, 0.5) is 23.2 Å². The molecule has 4 aromatic rings. The number of anilines is 1. The summed E-state index contributed by atoms with van der Waals surface area (Å²) in [6.07, 6.45) is -3.46. The van der Waals surface area contributed by atoms with Gasteiger partial charge in [0.1, 0.15) is 5.82 Å². The second-order valence-corrected chi connectivity index (χ2v) is 12.8. The monoisotopic (exact) mass is 604 g/mol. The van der Waals surface area contributed by atoms with Crippen LogP contribution in [0.3, 0.4) is 0 Å². The van der Waals surface area contributed by atoms with Crippen molar-refractivity contribution in [3.63, 3.8) is 0 Å². The molecule has 0 spiro atoms. The first-order valence-electron chi connectivity index (χ1n) is 12.5. The first kappa shape index (κ1) is 29.3. The predicted molar refractivity (Wildman–Crippen MR) is 142 cm³/mol. The van der Waals surface area contributed by atoms with E-state index in [4.69, 9.17) is 5.73 Å². The molecule has 0 unspecified atom stereocenters. The number of hydrogen-bond acceptors (Lipinski definition) is 9.